The number of pyridine rings is 2. The van der Waals surface area contributed by atoms with Crippen molar-refractivity contribution in [3.05, 3.63) is 30.9 Å². The predicted octanol–water partition coefficient (Wildman–Crippen LogP) is 1.93. The van der Waals surface area contributed by atoms with Crippen LogP contribution in [0.15, 0.2) is 30.9 Å². The lowest BCUT2D eigenvalue weighted by molar-refractivity contribution is -0.141. The first-order valence-corrected chi connectivity index (χ1v) is 6.43. The molecule has 0 radical (unpaired) electrons. The van der Waals surface area contributed by atoms with E-state index in [0.717, 1.165) is 35.0 Å². The lowest BCUT2D eigenvalue weighted by Gasteiger charge is -2.06. The fraction of sp³-hybridized carbons (Fsp3) is 0.286. The zero-order valence-electron chi connectivity index (χ0n) is 11.1. The Morgan fingerprint density at radius 2 is 2.20 bits per heavy atom. The molecule has 3 aromatic rings. The third-order valence-corrected chi connectivity index (χ3v) is 3.05. The summed E-state index contributed by atoms with van der Waals surface area (Å²) in [5, 5.41) is 0. The van der Waals surface area contributed by atoms with E-state index in [0.29, 0.717) is 6.61 Å². The van der Waals surface area contributed by atoms with E-state index in [4.69, 9.17) is 4.74 Å². The maximum absolute atomic E-state index is 10.7. The lowest BCUT2D eigenvalue weighted by Crippen LogP contribution is -2.05. The van der Waals surface area contributed by atoms with Crippen molar-refractivity contribution in [3.63, 3.8) is 0 Å². The lowest BCUT2D eigenvalue weighted by atomic mass is 10.3. The van der Waals surface area contributed by atoms with E-state index < -0.39 is 0 Å². The summed E-state index contributed by atoms with van der Waals surface area (Å²) in [5.74, 6) is -0.253. The number of carbonyl (C=O) groups is 1. The number of rotatable bonds is 4. The molecule has 0 bridgehead atoms. The Kier molecular flexibility index (Phi) is 3.28. The number of aromatic nitrogens is 4. The van der Waals surface area contributed by atoms with Crippen molar-refractivity contribution in [2.24, 2.45) is 0 Å². The number of fused-ring (bicyclic) bond motifs is 3. The summed E-state index contributed by atoms with van der Waals surface area (Å²) in [4.78, 5) is 23.8. The summed E-state index contributed by atoms with van der Waals surface area (Å²) in [5.41, 5.74) is 3.49. The van der Waals surface area contributed by atoms with Crippen LogP contribution in [0.5, 0.6) is 0 Å². The van der Waals surface area contributed by atoms with Crippen molar-refractivity contribution in [2.45, 2.75) is 19.9 Å². The number of carbonyl (C=O) groups excluding carboxylic acids is 1. The van der Waals surface area contributed by atoms with Gasteiger partial charge in [0, 0.05) is 19.7 Å². The Labute approximate surface area is 115 Å². The molecule has 0 fully saturated rings. The molecule has 6 nitrogen and oxygen atoms in total. The fourth-order valence-corrected chi connectivity index (χ4v) is 2.18. The molecule has 3 heterocycles. The number of esters is 1. The number of hydrogen-bond acceptors (Lipinski definition) is 5. The van der Waals surface area contributed by atoms with Gasteiger partial charge in [-0.2, -0.15) is 0 Å². The smallest absolute Gasteiger partial charge is 0.302 e. The molecular formula is C14H14N4O2. The minimum absolute atomic E-state index is 0.253. The second kappa shape index (κ2) is 5.24. The van der Waals surface area contributed by atoms with Crippen LogP contribution in [-0.4, -0.2) is 32.1 Å². The predicted molar refractivity (Wildman–Crippen MR) is 74.1 cm³/mol. The largest absolute Gasteiger partial charge is 0.466 e. The van der Waals surface area contributed by atoms with Gasteiger partial charge in [0.2, 0.25) is 0 Å². The maximum atomic E-state index is 10.7. The Morgan fingerprint density at radius 3 is 3.05 bits per heavy atom. The SMILES string of the molecule is CC(=O)OCCCn1cnc2cnc3cccnc3c21. The van der Waals surface area contributed by atoms with E-state index >= 15 is 0 Å². The number of aryl methyl sites for hydroxylation is 1. The molecule has 3 rings (SSSR count). The molecule has 0 aliphatic carbocycles. The van der Waals surface area contributed by atoms with Gasteiger partial charge in [-0.05, 0) is 18.6 Å². The first kappa shape index (κ1) is 12.5. The van der Waals surface area contributed by atoms with E-state index in [1.54, 1.807) is 18.7 Å². The number of imidazole rings is 1. The normalized spacial score (nSPS) is 11.1. The third-order valence-electron chi connectivity index (χ3n) is 3.05. The topological polar surface area (TPSA) is 69.9 Å². The highest BCUT2D eigenvalue weighted by Gasteiger charge is 2.09. The highest BCUT2D eigenvalue weighted by molar-refractivity contribution is 5.99. The average Bonchev–Trinajstić information content (AvgIpc) is 2.87. The summed E-state index contributed by atoms with van der Waals surface area (Å²) < 4.78 is 6.96. The molecule has 3 aromatic heterocycles. The number of ether oxygens (including phenoxy) is 1. The summed E-state index contributed by atoms with van der Waals surface area (Å²) in [6, 6.07) is 3.79. The molecule has 0 aromatic carbocycles. The molecule has 0 N–H and O–H groups in total. The van der Waals surface area contributed by atoms with Gasteiger partial charge < -0.3 is 9.30 Å². The van der Waals surface area contributed by atoms with E-state index in [2.05, 4.69) is 15.0 Å². The first-order valence-electron chi connectivity index (χ1n) is 6.43. The molecular weight excluding hydrogens is 256 g/mol. The molecule has 0 unspecified atom stereocenters. The standard InChI is InChI=1S/C14H14N4O2/c1-10(19)20-7-3-6-18-9-17-12-8-16-11-4-2-5-15-13(11)14(12)18/h2,4-5,8-9H,3,6-7H2,1H3. The monoisotopic (exact) mass is 270 g/mol. The molecule has 0 spiro atoms. The Hall–Kier alpha value is -2.50. The molecule has 0 atom stereocenters. The molecule has 102 valence electrons. The van der Waals surface area contributed by atoms with Crippen LogP contribution in [0.25, 0.3) is 22.1 Å². The maximum Gasteiger partial charge on any atom is 0.302 e. The Balaban J connectivity index is 1.91. The number of nitrogens with zero attached hydrogens (tertiary/aromatic N) is 4. The van der Waals surface area contributed by atoms with Gasteiger partial charge in [-0.25, -0.2) is 4.98 Å². The zero-order valence-corrected chi connectivity index (χ0v) is 11.1. The Bertz CT molecular complexity index is 766. The summed E-state index contributed by atoms with van der Waals surface area (Å²) in [6.45, 7) is 2.54. The van der Waals surface area contributed by atoms with Gasteiger partial charge in [-0.15, -0.1) is 0 Å². The van der Waals surface area contributed by atoms with E-state index in [-0.39, 0.29) is 5.97 Å². The molecule has 0 amide bonds. The summed E-state index contributed by atoms with van der Waals surface area (Å²) >= 11 is 0. The molecule has 0 saturated heterocycles. The van der Waals surface area contributed by atoms with Gasteiger partial charge in [0.1, 0.15) is 11.0 Å². The van der Waals surface area contributed by atoms with Crippen molar-refractivity contribution < 1.29 is 9.53 Å². The second-order valence-electron chi connectivity index (χ2n) is 4.49. The van der Waals surface area contributed by atoms with E-state index in [1.807, 2.05) is 16.7 Å². The first-order chi connectivity index (χ1) is 9.75. The molecule has 6 heteroatoms. The highest BCUT2D eigenvalue weighted by Crippen LogP contribution is 2.20. The van der Waals surface area contributed by atoms with Crippen LogP contribution in [0, 0.1) is 0 Å². The van der Waals surface area contributed by atoms with Gasteiger partial charge in [0.25, 0.3) is 0 Å². The molecule has 0 saturated carbocycles. The molecule has 20 heavy (non-hydrogen) atoms. The van der Waals surface area contributed by atoms with Crippen molar-refractivity contribution in [2.75, 3.05) is 6.61 Å². The minimum atomic E-state index is -0.253. The van der Waals surface area contributed by atoms with Crippen LogP contribution in [0.3, 0.4) is 0 Å². The number of hydrogen-bond donors (Lipinski definition) is 0. The second-order valence-corrected chi connectivity index (χ2v) is 4.49. The average molecular weight is 270 g/mol. The molecule has 0 aliphatic heterocycles. The van der Waals surface area contributed by atoms with Gasteiger partial charge in [-0.1, -0.05) is 0 Å². The fourth-order valence-electron chi connectivity index (χ4n) is 2.18. The van der Waals surface area contributed by atoms with Crippen LogP contribution in [0.2, 0.25) is 0 Å². The minimum Gasteiger partial charge on any atom is -0.466 e. The van der Waals surface area contributed by atoms with E-state index in [1.165, 1.54) is 6.92 Å². The van der Waals surface area contributed by atoms with Crippen molar-refractivity contribution in [3.8, 4) is 0 Å². The summed E-state index contributed by atoms with van der Waals surface area (Å²) in [7, 11) is 0. The van der Waals surface area contributed by atoms with Crippen LogP contribution >= 0.6 is 0 Å². The van der Waals surface area contributed by atoms with Gasteiger partial charge in [-0.3, -0.25) is 14.8 Å². The zero-order chi connectivity index (χ0) is 13.9. The van der Waals surface area contributed by atoms with Crippen molar-refractivity contribution >= 4 is 28.0 Å². The third kappa shape index (κ3) is 2.32. The van der Waals surface area contributed by atoms with Gasteiger partial charge >= 0.3 is 5.97 Å². The Morgan fingerprint density at radius 1 is 1.30 bits per heavy atom. The van der Waals surface area contributed by atoms with Crippen molar-refractivity contribution in [1.29, 1.82) is 0 Å². The summed E-state index contributed by atoms with van der Waals surface area (Å²) in [6.07, 6.45) is 6.01. The van der Waals surface area contributed by atoms with Crippen LogP contribution in [0.4, 0.5) is 0 Å². The quantitative estimate of drug-likeness (QED) is 0.535. The van der Waals surface area contributed by atoms with Crippen molar-refractivity contribution in [1.82, 2.24) is 19.5 Å². The van der Waals surface area contributed by atoms with Crippen LogP contribution in [-0.2, 0) is 16.1 Å². The van der Waals surface area contributed by atoms with Gasteiger partial charge in [0.05, 0.1) is 30.2 Å². The van der Waals surface area contributed by atoms with Gasteiger partial charge in [0.15, 0.2) is 0 Å². The molecule has 0 aliphatic rings. The highest BCUT2D eigenvalue weighted by atomic mass is 16.5. The van der Waals surface area contributed by atoms with Crippen LogP contribution < -0.4 is 0 Å². The van der Waals surface area contributed by atoms with E-state index in [9.17, 15) is 4.79 Å². The van der Waals surface area contributed by atoms with Crippen LogP contribution in [0.1, 0.15) is 13.3 Å².